The van der Waals surface area contributed by atoms with Crippen LogP contribution >= 0.6 is 11.3 Å². The van der Waals surface area contributed by atoms with Gasteiger partial charge in [0.25, 0.3) is 0 Å². The van der Waals surface area contributed by atoms with Crippen molar-refractivity contribution in [2.45, 2.75) is 27.3 Å². The smallest absolute Gasteiger partial charge is 0.163 e. The van der Waals surface area contributed by atoms with Crippen molar-refractivity contribution in [2.24, 2.45) is 0 Å². The van der Waals surface area contributed by atoms with Crippen LogP contribution in [-0.2, 0) is 6.54 Å². The SMILES string of the molecule is Cc1ncc(CNc2nc(-c3cccnc3)nc(C)c2C)s1. The Labute approximate surface area is 133 Å². The summed E-state index contributed by atoms with van der Waals surface area (Å²) in [6, 6.07) is 3.86. The Morgan fingerprint density at radius 3 is 2.68 bits per heavy atom. The molecule has 112 valence electrons. The minimum absolute atomic E-state index is 0.694. The summed E-state index contributed by atoms with van der Waals surface area (Å²) in [7, 11) is 0. The maximum atomic E-state index is 4.65. The molecule has 0 fully saturated rings. The van der Waals surface area contributed by atoms with Gasteiger partial charge in [0.05, 0.1) is 11.6 Å². The Morgan fingerprint density at radius 2 is 2.00 bits per heavy atom. The van der Waals surface area contributed by atoms with Crippen LogP contribution in [0.2, 0.25) is 0 Å². The molecule has 0 saturated heterocycles. The van der Waals surface area contributed by atoms with Gasteiger partial charge in [0.1, 0.15) is 5.82 Å². The van der Waals surface area contributed by atoms with Gasteiger partial charge in [-0.3, -0.25) is 4.98 Å². The molecular weight excluding hydrogens is 294 g/mol. The molecule has 3 rings (SSSR count). The number of anilines is 1. The third-order valence-electron chi connectivity index (χ3n) is 3.41. The van der Waals surface area contributed by atoms with E-state index in [9.17, 15) is 0 Å². The van der Waals surface area contributed by atoms with Crippen LogP contribution in [0.5, 0.6) is 0 Å². The molecule has 6 heteroatoms. The molecule has 0 aromatic carbocycles. The number of hydrogen-bond acceptors (Lipinski definition) is 6. The second-order valence-electron chi connectivity index (χ2n) is 5.05. The van der Waals surface area contributed by atoms with Crippen molar-refractivity contribution in [3.8, 4) is 11.4 Å². The zero-order valence-corrected chi connectivity index (χ0v) is 13.6. The zero-order valence-electron chi connectivity index (χ0n) is 12.8. The van der Waals surface area contributed by atoms with Crippen LogP contribution < -0.4 is 5.32 Å². The third-order valence-corrected chi connectivity index (χ3v) is 4.32. The summed E-state index contributed by atoms with van der Waals surface area (Å²) in [5.41, 5.74) is 2.95. The van der Waals surface area contributed by atoms with E-state index in [0.29, 0.717) is 5.82 Å². The van der Waals surface area contributed by atoms with Crippen molar-refractivity contribution in [2.75, 3.05) is 5.32 Å². The van der Waals surface area contributed by atoms with E-state index in [4.69, 9.17) is 0 Å². The molecule has 0 unspecified atom stereocenters. The molecule has 3 aromatic heterocycles. The first-order valence-corrected chi connectivity index (χ1v) is 7.86. The van der Waals surface area contributed by atoms with Crippen LogP contribution in [0.4, 0.5) is 5.82 Å². The second kappa shape index (κ2) is 6.19. The minimum Gasteiger partial charge on any atom is -0.365 e. The molecule has 22 heavy (non-hydrogen) atoms. The second-order valence-corrected chi connectivity index (χ2v) is 6.37. The van der Waals surface area contributed by atoms with Gasteiger partial charge >= 0.3 is 0 Å². The summed E-state index contributed by atoms with van der Waals surface area (Å²) in [5.74, 6) is 1.55. The predicted molar refractivity (Wildman–Crippen MR) is 88.9 cm³/mol. The van der Waals surface area contributed by atoms with Crippen molar-refractivity contribution in [1.82, 2.24) is 19.9 Å². The number of rotatable bonds is 4. The first kappa shape index (κ1) is 14.6. The first-order chi connectivity index (χ1) is 10.6. The molecule has 5 nitrogen and oxygen atoms in total. The normalized spacial score (nSPS) is 10.7. The molecule has 3 heterocycles. The molecule has 3 aromatic rings. The fraction of sp³-hybridized carbons (Fsp3) is 0.250. The van der Waals surface area contributed by atoms with Gasteiger partial charge in [-0.15, -0.1) is 11.3 Å². The number of nitrogens with one attached hydrogen (secondary N) is 1. The molecule has 0 radical (unpaired) electrons. The van der Waals surface area contributed by atoms with Crippen molar-refractivity contribution in [3.05, 3.63) is 51.9 Å². The van der Waals surface area contributed by atoms with Crippen LogP contribution in [0.15, 0.2) is 30.7 Å². The molecule has 0 aliphatic heterocycles. The van der Waals surface area contributed by atoms with E-state index in [1.807, 2.05) is 39.1 Å². The van der Waals surface area contributed by atoms with Crippen molar-refractivity contribution >= 4 is 17.2 Å². The topological polar surface area (TPSA) is 63.6 Å². The van der Waals surface area contributed by atoms with Gasteiger partial charge in [0, 0.05) is 40.3 Å². The Balaban J connectivity index is 1.88. The molecule has 0 saturated carbocycles. The van der Waals surface area contributed by atoms with E-state index in [1.165, 1.54) is 4.88 Å². The maximum Gasteiger partial charge on any atom is 0.163 e. The molecule has 0 aliphatic rings. The summed E-state index contributed by atoms with van der Waals surface area (Å²) >= 11 is 1.69. The lowest BCUT2D eigenvalue weighted by Crippen LogP contribution is -2.06. The number of aryl methyl sites for hydroxylation is 2. The van der Waals surface area contributed by atoms with Gasteiger partial charge in [0.2, 0.25) is 0 Å². The fourth-order valence-corrected chi connectivity index (χ4v) is 2.82. The molecule has 1 N–H and O–H groups in total. The van der Waals surface area contributed by atoms with Crippen LogP contribution in [0.3, 0.4) is 0 Å². The van der Waals surface area contributed by atoms with Crippen molar-refractivity contribution < 1.29 is 0 Å². The number of thiazole rings is 1. The zero-order chi connectivity index (χ0) is 15.5. The molecular formula is C16H17N5S. The highest BCUT2D eigenvalue weighted by atomic mass is 32.1. The monoisotopic (exact) mass is 311 g/mol. The number of hydrogen-bond donors (Lipinski definition) is 1. The van der Waals surface area contributed by atoms with Gasteiger partial charge in [0.15, 0.2) is 5.82 Å². The highest BCUT2D eigenvalue weighted by molar-refractivity contribution is 7.11. The van der Waals surface area contributed by atoms with E-state index >= 15 is 0 Å². The van der Waals surface area contributed by atoms with Crippen LogP contribution in [0.1, 0.15) is 21.1 Å². The Bertz CT molecular complexity index is 782. The summed E-state index contributed by atoms with van der Waals surface area (Å²) in [5, 5.41) is 4.47. The van der Waals surface area contributed by atoms with Gasteiger partial charge in [-0.1, -0.05) is 0 Å². The first-order valence-electron chi connectivity index (χ1n) is 7.04. The van der Waals surface area contributed by atoms with E-state index in [1.54, 1.807) is 23.7 Å². The van der Waals surface area contributed by atoms with Gasteiger partial charge in [-0.05, 0) is 32.9 Å². The Hall–Kier alpha value is -2.34. The average molecular weight is 311 g/mol. The summed E-state index contributed by atoms with van der Waals surface area (Å²) in [4.78, 5) is 18.8. The highest BCUT2D eigenvalue weighted by Gasteiger charge is 2.10. The fourth-order valence-electron chi connectivity index (χ4n) is 2.08. The predicted octanol–water partition coefficient (Wildman–Crippen LogP) is 3.53. The van der Waals surface area contributed by atoms with Crippen LogP contribution in [0, 0.1) is 20.8 Å². The third kappa shape index (κ3) is 3.12. The van der Waals surface area contributed by atoms with E-state index < -0.39 is 0 Å². The van der Waals surface area contributed by atoms with Crippen LogP contribution in [-0.4, -0.2) is 19.9 Å². The lowest BCUT2D eigenvalue weighted by molar-refractivity contribution is 1.04. The maximum absolute atomic E-state index is 4.65. The van der Waals surface area contributed by atoms with Gasteiger partial charge in [-0.2, -0.15) is 0 Å². The molecule has 0 bridgehead atoms. The van der Waals surface area contributed by atoms with E-state index in [2.05, 4.69) is 25.3 Å². The highest BCUT2D eigenvalue weighted by Crippen LogP contribution is 2.22. The summed E-state index contributed by atoms with van der Waals surface area (Å²) in [6.45, 7) is 6.76. The van der Waals surface area contributed by atoms with Crippen molar-refractivity contribution in [1.29, 1.82) is 0 Å². The molecule has 0 spiro atoms. The average Bonchev–Trinajstić information content (AvgIpc) is 2.95. The van der Waals surface area contributed by atoms with Crippen molar-refractivity contribution in [3.63, 3.8) is 0 Å². The van der Waals surface area contributed by atoms with Gasteiger partial charge in [-0.25, -0.2) is 15.0 Å². The van der Waals surface area contributed by atoms with E-state index in [0.717, 1.165) is 34.2 Å². The Kier molecular flexibility index (Phi) is 4.11. The number of pyridine rings is 1. The van der Waals surface area contributed by atoms with E-state index in [-0.39, 0.29) is 0 Å². The molecule has 0 aliphatic carbocycles. The quantitative estimate of drug-likeness (QED) is 0.798. The van der Waals surface area contributed by atoms with Crippen LogP contribution in [0.25, 0.3) is 11.4 Å². The summed E-state index contributed by atoms with van der Waals surface area (Å²) < 4.78 is 0. The van der Waals surface area contributed by atoms with Gasteiger partial charge < -0.3 is 5.32 Å². The lowest BCUT2D eigenvalue weighted by atomic mass is 10.2. The molecule has 0 amide bonds. The number of nitrogens with zero attached hydrogens (tertiary/aromatic N) is 4. The number of aromatic nitrogens is 4. The minimum atomic E-state index is 0.694. The summed E-state index contributed by atoms with van der Waals surface area (Å²) in [6.07, 6.45) is 5.43. The standard InChI is InChI=1S/C16H17N5S/c1-10-11(2)20-16(13-5-4-6-17-7-13)21-15(10)19-9-14-8-18-12(3)22-14/h4-8H,9H2,1-3H3,(H,19,20,21). The largest absolute Gasteiger partial charge is 0.365 e. The Morgan fingerprint density at radius 1 is 1.14 bits per heavy atom. The molecule has 0 atom stereocenters. The lowest BCUT2D eigenvalue weighted by Gasteiger charge is -2.11.